The van der Waals surface area contributed by atoms with Crippen molar-refractivity contribution in [2.24, 2.45) is 0 Å². The molecule has 1 aliphatic carbocycles. The molecule has 27 heavy (non-hydrogen) atoms. The third-order valence-corrected chi connectivity index (χ3v) is 6.47. The molecule has 2 heterocycles. The number of para-hydroxylation sites is 1. The minimum Gasteiger partial charge on any atom is -0.337 e. The maximum atomic E-state index is 12.9. The van der Waals surface area contributed by atoms with Crippen molar-refractivity contribution in [1.29, 1.82) is 0 Å². The lowest BCUT2D eigenvalue weighted by molar-refractivity contribution is -0.128. The summed E-state index contributed by atoms with van der Waals surface area (Å²) in [5.41, 5.74) is 0.698. The average Bonchev–Trinajstić information content (AvgIpc) is 3.38. The molecule has 1 amide bonds. The third kappa shape index (κ3) is 3.94. The Morgan fingerprint density at radius 3 is 2.81 bits per heavy atom. The number of carbonyl (C=O) groups excluding carboxylic acids is 1. The summed E-state index contributed by atoms with van der Waals surface area (Å²) >= 11 is 3.03. The lowest BCUT2D eigenvalue weighted by Gasteiger charge is -2.20. The van der Waals surface area contributed by atoms with Crippen molar-refractivity contribution in [3.05, 3.63) is 57.0 Å². The summed E-state index contributed by atoms with van der Waals surface area (Å²) in [5, 5.41) is 3.32. The zero-order chi connectivity index (χ0) is 18.8. The zero-order valence-corrected chi connectivity index (χ0v) is 16.8. The molecule has 0 radical (unpaired) electrons. The Morgan fingerprint density at radius 2 is 2.11 bits per heavy atom. The molecule has 0 atom stereocenters. The topological polar surface area (TPSA) is 55.2 Å². The van der Waals surface area contributed by atoms with Crippen molar-refractivity contribution in [3.8, 4) is 0 Å². The highest BCUT2D eigenvalue weighted by Crippen LogP contribution is 2.36. The number of hydrogen-bond acceptors (Lipinski definition) is 5. The summed E-state index contributed by atoms with van der Waals surface area (Å²) in [5.74, 6) is 0.358. The molecule has 1 saturated carbocycles. The normalized spacial score (nSPS) is 13.8. The molecular weight excluding hydrogens is 378 g/mol. The summed E-state index contributed by atoms with van der Waals surface area (Å²) in [6, 6.07) is 11.7. The van der Waals surface area contributed by atoms with E-state index < -0.39 is 0 Å². The van der Waals surface area contributed by atoms with Crippen LogP contribution in [0.25, 0.3) is 10.9 Å². The SMILES string of the molecule is CCN(Cc1cccs1)C(=O)CSc1nc2ccccc2c(=O)n1C1CC1. The summed E-state index contributed by atoms with van der Waals surface area (Å²) in [6.45, 7) is 3.29. The second kappa shape index (κ2) is 7.86. The van der Waals surface area contributed by atoms with E-state index in [0.29, 0.717) is 29.1 Å². The number of nitrogens with zero attached hydrogens (tertiary/aromatic N) is 3. The number of fused-ring (bicyclic) bond motifs is 1. The highest BCUT2D eigenvalue weighted by atomic mass is 32.2. The van der Waals surface area contributed by atoms with Crippen molar-refractivity contribution in [2.45, 2.75) is 37.5 Å². The fourth-order valence-electron chi connectivity index (χ4n) is 3.07. The van der Waals surface area contributed by atoms with Gasteiger partial charge in [0.2, 0.25) is 5.91 Å². The summed E-state index contributed by atoms with van der Waals surface area (Å²) < 4.78 is 1.79. The zero-order valence-electron chi connectivity index (χ0n) is 15.1. The van der Waals surface area contributed by atoms with Crippen LogP contribution in [-0.2, 0) is 11.3 Å². The molecule has 2 aromatic heterocycles. The van der Waals surface area contributed by atoms with Gasteiger partial charge in [-0.1, -0.05) is 30.0 Å². The molecule has 140 valence electrons. The Balaban J connectivity index is 1.55. The van der Waals surface area contributed by atoms with E-state index in [1.165, 1.54) is 16.6 Å². The van der Waals surface area contributed by atoms with E-state index >= 15 is 0 Å². The van der Waals surface area contributed by atoms with Crippen molar-refractivity contribution in [3.63, 3.8) is 0 Å². The van der Waals surface area contributed by atoms with Crippen molar-refractivity contribution < 1.29 is 4.79 Å². The molecule has 7 heteroatoms. The lowest BCUT2D eigenvalue weighted by Crippen LogP contribution is -2.32. The maximum absolute atomic E-state index is 12.9. The van der Waals surface area contributed by atoms with Gasteiger partial charge in [-0.2, -0.15) is 0 Å². The van der Waals surface area contributed by atoms with E-state index in [0.717, 1.165) is 12.8 Å². The summed E-state index contributed by atoms with van der Waals surface area (Å²) in [7, 11) is 0. The predicted octanol–water partition coefficient (Wildman–Crippen LogP) is 3.93. The Kier molecular flexibility index (Phi) is 5.31. The standard InChI is InChI=1S/C20H21N3O2S2/c1-2-22(12-15-6-5-11-26-15)18(24)13-27-20-21-17-8-4-3-7-16(17)19(25)23(20)14-9-10-14/h3-8,11,14H,2,9-10,12-13H2,1H3. The number of thioether (sulfide) groups is 1. The Hall–Kier alpha value is -2.12. The first-order valence-corrected chi connectivity index (χ1v) is 11.0. The van der Waals surface area contributed by atoms with Crippen LogP contribution in [0.15, 0.2) is 51.7 Å². The Morgan fingerprint density at radius 1 is 1.30 bits per heavy atom. The number of carbonyl (C=O) groups is 1. The first-order valence-electron chi connectivity index (χ1n) is 9.11. The first-order chi connectivity index (χ1) is 13.2. The van der Waals surface area contributed by atoms with Crippen molar-refractivity contribution >= 4 is 39.9 Å². The number of hydrogen-bond donors (Lipinski definition) is 0. The van der Waals surface area contributed by atoms with E-state index in [1.807, 2.05) is 53.6 Å². The number of amides is 1. The predicted molar refractivity (Wildman–Crippen MR) is 110 cm³/mol. The van der Waals surface area contributed by atoms with Crippen LogP contribution in [0.5, 0.6) is 0 Å². The molecule has 1 aromatic carbocycles. The van der Waals surface area contributed by atoms with Crippen LogP contribution in [0, 0.1) is 0 Å². The highest BCUT2D eigenvalue weighted by Gasteiger charge is 2.29. The fourth-order valence-corrected chi connectivity index (χ4v) is 4.76. The van der Waals surface area contributed by atoms with Gasteiger partial charge >= 0.3 is 0 Å². The molecule has 0 unspecified atom stereocenters. The van der Waals surface area contributed by atoms with Crippen molar-refractivity contribution in [1.82, 2.24) is 14.5 Å². The van der Waals surface area contributed by atoms with E-state index in [4.69, 9.17) is 0 Å². The van der Waals surface area contributed by atoms with Gasteiger partial charge < -0.3 is 4.90 Å². The van der Waals surface area contributed by atoms with E-state index in [2.05, 4.69) is 4.98 Å². The first kappa shape index (κ1) is 18.3. The van der Waals surface area contributed by atoms with E-state index in [1.54, 1.807) is 15.9 Å². The molecular formula is C20H21N3O2S2. The van der Waals surface area contributed by atoms with Gasteiger partial charge in [-0.15, -0.1) is 11.3 Å². The summed E-state index contributed by atoms with van der Waals surface area (Å²) in [4.78, 5) is 33.3. The largest absolute Gasteiger partial charge is 0.337 e. The lowest BCUT2D eigenvalue weighted by atomic mass is 10.2. The van der Waals surface area contributed by atoms with Gasteiger partial charge in [0.15, 0.2) is 5.16 Å². The molecule has 0 spiro atoms. The van der Waals surface area contributed by atoms with Gasteiger partial charge in [-0.25, -0.2) is 4.98 Å². The van der Waals surface area contributed by atoms with Gasteiger partial charge in [0.05, 0.1) is 23.2 Å². The number of benzene rings is 1. The summed E-state index contributed by atoms with van der Waals surface area (Å²) in [6.07, 6.45) is 2.00. The highest BCUT2D eigenvalue weighted by molar-refractivity contribution is 7.99. The Labute approximate surface area is 166 Å². The molecule has 3 aromatic rings. The monoisotopic (exact) mass is 399 g/mol. The van der Waals surface area contributed by atoms with Crippen LogP contribution in [0.2, 0.25) is 0 Å². The van der Waals surface area contributed by atoms with Crippen LogP contribution in [-0.4, -0.2) is 32.7 Å². The molecule has 4 rings (SSSR count). The van der Waals surface area contributed by atoms with Gasteiger partial charge in [-0.05, 0) is 43.3 Å². The molecule has 0 bridgehead atoms. The fraction of sp³-hybridized carbons (Fsp3) is 0.350. The number of aromatic nitrogens is 2. The molecule has 0 N–H and O–H groups in total. The van der Waals surface area contributed by atoms with Crippen molar-refractivity contribution in [2.75, 3.05) is 12.3 Å². The van der Waals surface area contributed by atoms with Crippen LogP contribution in [0.3, 0.4) is 0 Å². The van der Waals surface area contributed by atoms with Crippen LogP contribution >= 0.6 is 23.1 Å². The second-order valence-electron chi connectivity index (χ2n) is 6.59. The maximum Gasteiger partial charge on any atom is 0.262 e. The average molecular weight is 400 g/mol. The molecule has 0 aliphatic heterocycles. The third-order valence-electron chi connectivity index (χ3n) is 4.67. The molecule has 1 aliphatic rings. The second-order valence-corrected chi connectivity index (χ2v) is 8.57. The van der Waals surface area contributed by atoms with Gasteiger partial charge in [0, 0.05) is 17.5 Å². The number of rotatable bonds is 7. The smallest absolute Gasteiger partial charge is 0.262 e. The van der Waals surface area contributed by atoms with Gasteiger partial charge in [0.1, 0.15) is 0 Å². The molecule has 1 fully saturated rings. The quantitative estimate of drug-likeness (QED) is 0.446. The van der Waals surface area contributed by atoms with Crippen LogP contribution in [0.1, 0.15) is 30.7 Å². The van der Waals surface area contributed by atoms with E-state index in [-0.39, 0.29) is 23.3 Å². The van der Waals surface area contributed by atoms with Gasteiger partial charge in [0.25, 0.3) is 5.56 Å². The minimum atomic E-state index is 0.00369. The number of thiophene rings is 1. The minimum absolute atomic E-state index is 0.00369. The Bertz CT molecular complexity index is 1010. The van der Waals surface area contributed by atoms with E-state index in [9.17, 15) is 9.59 Å². The van der Waals surface area contributed by atoms with Gasteiger partial charge in [-0.3, -0.25) is 14.2 Å². The van der Waals surface area contributed by atoms with Crippen LogP contribution in [0.4, 0.5) is 0 Å². The molecule has 0 saturated heterocycles. The van der Waals surface area contributed by atoms with Crippen LogP contribution < -0.4 is 5.56 Å². The molecule has 5 nitrogen and oxygen atoms in total.